The average molecular weight is 296 g/mol. The number of hydrogen-bond acceptors (Lipinski definition) is 5. The molecule has 1 aliphatic rings. The molecule has 0 radical (unpaired) electrons. The number of likely N-dealkylation sites (N-methyl/N-ethyl adjacent to an activating group) is 1. The van der Waals surface area contributed by atoms with Crippen molar-refractivity contribution in [1.29, 1.82) is 0 Å². The minimum absolute atomic E-state index is 0.0841. The first-order valence-electron chi connectivity index (χ1n) is 7.62. The summed E-state index contributed by atoms with van der Waals surface area (Å²) in [5.41, 5.74) is 0.598. The van der Waals surface area contributed by atoms with Crippen LogP contribution < -0.4 is 0 Å². The minimum atomic E-state index is -0.519. The molecule has 1 aromatic rings. The minimum Gasteiger partial charge on any atom is -0.347 e. The van der Waals surface area contributed by atoms with Crippen molar-refractivity contribution >= 4 is 5.91 Å². The molecule has 21 heavy (non-hydrogen) atoms. The van der Waals surface area contributed by atoms with Crippen molar-refractivity contribution < 1.29 is 14.3 Å². The van der Waals surface area contributed by atoms with Crippen LogP contribution in [0.15, 0.2) is 6.20 Å². The Kier molecular flexibility index (Phi) is 5.69. The highest BCUT2D eigenvalue weighted by Crippen LogP contribution is 2.26. The molecular weight excluding hydrogens is 272 g/mol. The van der Waals surface area contributed by atoms with E-state index in [1.54, 1.807) is 10.9 Å². The number of amides is 1. The van der Waals surface area contributed by atoms with Gasteiger partial charge in [-0.05, 0) is 33.6 Å². The molecule has 0 atom stereocenters. The van der Waals surface area contributed by atoms with Crippen molar-refractivity contribution in [2.45, 2.75) is 52.5 Å². The maximum absolute atomic E-state index is 12.2. The summed E-state index contributed by atoms with van der Waals surface area (Å²) in [6, 6.07) is 0.421. The number of carbonyl (C=O) groups excluding carboxylic acids is 1. The largest absolute Gasteiger partial charge is 0.347 e. The number of carbonyl (C=O) groups is 1. The second-order valence-electron chi connectivity index (χ2n) is 4.99. The van der Waals surface area contributed by atoms with E-state index < -0.39 is 6.29 Å². The third-order valence-electron chi connectivity index (χ3n) is 3.38. The van der Waals surface area contributed by atoms with Gasteiger partial charge in [-0.3, -0.25) is 4.79 Å². The lowest BCUT2D eigenvalue weighted by atomic mass is 10.4. The molecule has 118 valence electrons. The second-order valence-corrected chi connectivity index (χ2v) is 4.99. The number of nitrogens with zero attached hydrogens (tertiary/aromatic N) is 4. The third kappa shape index (κ3) is 4.25. The zero-order chi connectivity index (χ0) is 15.2. The summed E-state index contributed by atoms with van der Waals surface area (Å²) in [5, 5.41) is 8.04. The van der Waals surface area contributed by atoms with Crippen molar-refractivity contribution in [1.82, 2.24) is 19.9 Å². The molecule has 0 saturated heterocycles. The van der Waals surface area contributed by atoms with Crippen LogP contribution in [-0.4, -0.2) is 51.6 Å². The van der Waals surface area contributed by atoms with Gasteiger partial charge >= 0.3 is 0 Å². The Morgan fingerprint density at radius 2 is 2.05 bits per heavy atom. The molecule has 1 fully saturated rings. The molecule has 0 aliphatic heterocycles. The Hall–Kier alpha value is -1.47. The molecule has 7 heteroatoms. The van der Waals surface area contributed by atoms with Crippen LogP contribution in [0.2, 0.25) is 0 Å². The van der Waals surface area contributed by atoms with Crippen molar-refractivity contribution in [2.75, 3.05) is 19.8 Å². The van der Waals surface area contributed by atoms with Gasteiger partial charge in [-0.15, -0.1) is 5.10 Å². The monoisotopic (exact) mass is 296 g/mol. The van der Waals surface area contributed by atoms with Crippen LogP contribution >= 0.6 is 0 Å². The number of ether oxygens (including phenoxy) is 2. The first-order chi connectivity index (χ1) is 10.2. The van der Waals surface area contributed by atoms with Gasteiger partial charge in [0.25, 0.3) is 0 Å². The smallest absolute Gasteiger partial charge is 0.244 e. The van der Waals surface area contributed by atoms with E-state index in [9.17, 15) is 4.79 Å². The van der Waals surface area contributed by atoms with Crippen LogP contribution in [0.25, 0.3) is 0 Å². The van der Waals surface area contributed by atoms with E-state index >= 15 is 0 Å². The summed E-state index contributed by atoms with van der Waals surface area (Å²) in [4.78, 5) is 14.1. The lowest BCUT2D eigenvalue weighted by molar-refractivity contribution is -0.142. The fraction of sp³-hybridized carbons (Fsp3) is 0.786. The summed E-state index contributed by atoms with van der Waals surface area (Å²) in [7, 11) is 0. The van der Waals surface area contributed by atoms with Gasteiger partial charge in [0, 0.05) is 25.8 Å². The number of rotatable bonds is 9. The van der Waals surface area contributed by atoms with Crippen molar-refractivity contribution in [2.24, 2.45) is 0 Å². The lowest BCUT2D eigenvalue weighted by Gasteiger charge is -2.19. The molecule has 7 nitrogen and oxygen atoms in total. The molecule has 1 heterocycles. The Balaban J connectivity index is 1.96. The van der Waals surface area contributed by atoms with Gasteiger partial charge in [-0.25, -0.2) is 4.68 Å². The average Bonchev–Trinajstić information content (AvgIpc) is 3.18. The van der Waals surface area contributed by atoms with Gasteiger partial charge in [-0.2, -0.15) is 0 Å². The molecule has 0 bridgehead atoms. The molecule has 0 N–H and O–H groups in total. The van der Waals surface area contributed by atoms with E-state index in [2.05, 4.69) is 10.3 Å². The highest BCUT2D eigenvalue weighted by Gasteiger charge is 2.31. The molecule has 1 aromatic heterocycles. The van der Waals surface area contributed by atoms with Gasteiger partial charge in [0.1, 0.15) is 12.2 Å². The second kappa shape index (κ2) is 7.51. The Morgan fingerprint density at radius 1 is 1.38 bits per heavy atom. The van der Waals surface area contributed by atoms with E-state index in [-0.39, 0.29) is 12.5 Å². The molecular formula is C14H24N4O3. The van der Waals surface area contributed by atoms with Gasteiger partial charge in [0.05, 0.1) is 6.20 Å². The zero-order valence-electron chi connectivity index (χ0n) is 13.0. The zero-order valence-corrected chi connectivity index (χ0v) is 13.0. The highest BCUT2D eigenvalue weighted by molar-refractivity contribution is 5.76. The third-order valence-corrected chi connectivity index (χ3v) is 3.38. The predicted molar refractivity (Wildman–Crippen MR) is 76.4 cm³/mol. The van der Waals surface area contributed by atoms with Crippen LogP contribution in [0.5, 0.6) is 0 Å². The maximum atomic E-state index is 12.2. The molecule has 0 spiro atoms. The molecule has 0 unspecified atom stereocenters. The van der Waals surface area contributed by atoms with Crippen LogP contribution in [-0.2, 0) is 20.8 Å². The topological polar surface area (TPSA) is 69.5 Å². The van der Waals surface area contributed by atoms with E-state index in [1.165, 1.54) is 0 Å². The van der Waals surface area contributed by atoms with Crippen molar-refractivity contribution in [3.8, 4) is 0 Å². The SMILES string of the molecule is CCOC(OCC)c1cn(CC(=O)N(CC)C2CC2)nn1. The molecule has 1 amide bonds. The quantitative estimate of drug-likeness (QED) is 0.644. The Labute approximate surface area is 125 Å². The number of hydrogen-bond donors (Lipinski definition) is 0. The summed E-state index contributed by atoms with van der Waals surface area (Å²) < 4.78 is 12.5. The summed E-state index contributed by atoms with van der Waals surface area (Å²) >= 11 is 0. The van der Waals surface area contributed by atoms with Crippen LogP contribution in [0.3, 0.4) is 0 Å². The highest BCUT2D eigenvalue weighted by atomic mass is 16.7. The van der Waals surface area contributed by atoms with Gasteiger partial charge in [0.2, 0.25) is 12.2 Å². The van der Waals surface area contributed by atoms with Crippen LogP contribution in [0, 0.1) is 0 Å². The normalized spacial score (nSPS) is 14.7. The van der Waals surface area contributed by atoms with Gasteiger partial charge in [-0.1, -0.05) is 5.21 Å². The van der Waals surface area contributed by atoms with Crippen molar-refractivity contribution in [3.63, 3.8) is 0 Å². The molecule has 0 aromatic carbocycles. The van der Waals surface area contributed by atoms with Crippen molar-refractivity contribution in [3.05, 3.63) is 11.9 Å². The maximum Gasteiger partial charge on any atom is 0.244 e. The molecule has 2 rings (SSSR count). The fourth-order valence-corrected chi connectivity index (χ4v) is 2.27. The van der Waals surface area contributed by atoms with E-state index in [1.807, 2.05) is 25.7 Å². The molecule has 1 aliphatic carbocycles. The summed E-state index contributed by atoms with van der Waals surface area (Å²) in [6.45, 7) is 7.81. The summed E-state index contributed by atoms with van der Waals surface area (Å²) in [6.07, 6.45) is 3.42. The fourth-order valence-electron chi connectivity index (χ4n) is 2.27. The van der Waals surface area contributed by atoms with Crippen LogP contribution in [0.4, 0.5) is 0 Å². The standard InChI is InChI=1S/C14H24N4O3/c1-4-18(11-7-8-11)13(19)10-17-9-12(15-16-17)14(20-5-2)21-6-3/h9,11,14H,4-8,10H2,1-3H3. The van der Waals surface area contributed by atoms with E-state index in [0.29, 0.717) is 24.9 Å². The number of aromatic nitrogens is 3. The van der Waals surface area contributed by atoms with Crippen LogP contribution in [0.1, 0.15) is 45.6 Å². The summed E-state index contributed by atoms with van der Waals surface area (Å²) in [5.74, 6) is 0.0841. The first kappa shape index (κ1) is 15.9. The Morgan fingerprint density at radius 3 is 2.57 bits per heavy atom. The Bertz CT molecular complexity index is 453. The van der Waals surface area contributed by atoms with Gasteiger partial charge in [0.15, 0.2) is 0 Å². The first-order valence-corrected chi connectivity index (χ1v) is 7.62. The van der Waals surface area contributed by atoms with E-state index in [4.69, 9.17) is 9.47 Å². The lowest BCUT2D eigenvalue weighted by Crippen LogP contribution is -2.35. The van der Waals surface area contributed by atoms with E-state index in [0.717, 1.165) is 19.4 Å². The predicted octanol–water partition coefficient (Wildman–Crippen LogP) is 1.36. The van der Waals surface area contributed by atoms with Gasteiger partial charge < -0.3 is 14.4 Å². The molecule has 1 saturated carbocycles.